The average Bonchev–Trinajstić information content (AvgIpc) is 2.60. The number of halogens is 3. The Hall–Kier alpha value is -2.96. The lowest BCUT2D eigenvalue weighted by molar-refractivity contribution is 0.0331. The fourth-order valence-electron chi connectivity index (χ4n) is 2.21. The molecule has 0 fully saturated rings. The van der Waals surface area contributed by atoms with E-state index in [2.05, 4.69) is 14.7 Å². The Balaban J connectivity index is 2.08. The second-order valence-electron chi connectivity index (χ2n) is 5.04. The van der Waals surface area contributed by atoms with E-state index in [1.54, 1.807) is 6.07 Å². The molecule has 24 heavy (non-hydrogen) atoms. The molecule has 122 valence electrons. The summed E-state index contributed by atoms with van der Waals surface area (Å²) in [5.74, 6) is -5.44. The summed E-state index contributed by atoms with van der Waals surface area (Å²) in [6.45, 7) is 0. The molecule has 0 radical (unpaired) electrons. The van der Waals surface area contributed by atoms with Crippen LogP contribution in [0.15, 0.2) is 48.7 Å². The van der Waals surface area contributed by atoms with Gasteiger partial charge in [-0.05, 0) is 36.4 Å². The summed E-state index contributed by atoms with van der Waals surface area (Å²) < 4.78 is 46.6. The number of carbonyl (C=O) groups is 1. The van der Waals surface area contributed by atoms with Crippen LogP contribution in [0, 0.1) is 5.82 Å². The van der Waals surface area contributed by atoms with Gasteiger partial charge in [-0.15, -0.1) is 0 Å². The molecule has 1 heterocycles. The number of hydrogen-bond donors (Lipinski definition) is 0. The van der Waals surface area contributed by atoms with Crippen molar-refractivity contribution in [2.75, 3.05) is 7.11 Å². The van der Waals surface area contributed by atoms with E-state index >= 15 is 0 Å². The van der Waals surface area contributed by atoms with Gasteiger partial charge in [-0.3, -0.25) is 0 Å². The Morgan fingerprint density at radius 3 is 2.50 bits per heavy atom. The molecule has 0 aliphatic heterocycles. The third kappa shape index (κ3) is 2.80. The molecule has 1 aromatic heterocycles. The van der Waals surface area contributed by atoms with Crippen molar-refractivity contribution in [3.8, 4) is 0 Å². The maximum atomic E-state index is 14.5. The Kier molecular flexibility index (Phi) is 3.92. The van der Waals surface area contributed by atoms with E-state index in [-0.39, 0.29) is 11.1 Å². The number of rotatable bonds is 3. The number of aromatic nitrogens is 2. The van der Waals surface area contributed by atoms with Crippen LogP contribution in [-0.4, -0.2) is 23.0 Å². The highest BCUT2D eigenvalue weighted by atomic mass is 19.3. The smallest absolute Gasteiger partial charge is 0.337 e. The molecule has 3 aromatic rings. The molecule has 0 aliphatic carbocycles. The first-order valence-electron chi connectivity index (χ1n) is 6.91. The quantitative estimate of drug-likeness (QED) is 0.686. The lowest BCUT2D eigenvalue weighted by Gasteiger charge is -2.15. The van der Waals surface area contributed by atoms with Gasteiger partial charge in [0.1, 0.15) is 5.82 Å². The standard InChI is InChI=1S/C17H11F3N2O2/c1-24-15(23)10-2-3-11-9-21-16(22-14(11)8-10)17(19,20)12-4-6-13(18)7-5-12/h2-9H,1H3. The van der Waals surface area contributed by atoms with Crippen LogP contribution in [0.3, 0.4) is 0 Å². The Bertz CT molecular complexity index is 911. The normalized spacial score (nSPS) is 11.5. The number of esters is 1. The average molecular weight is 332 g/mol. The van der Waals surface area contributed by atoms with Crippen LogP contribution in [0.1, 0.15) is 21.7 Å². The number of ether oxygens (including phenoxy) is 1. The molecule has 0 unspecified atom stereocenters. The molecular weight excluding hydrogens is 321 g/mol. The first-order valence-corrected chi connectivity index (χ1v) is 6.91. The number of alkyl halides is 2. The van der Waals surface area contributed by atoms with Gasteiger partial charge in [-0.2, -0.15) is 8.78 Å². The fourth-order valence-corrected chi connectivity index (χ4v) is 2.21. The van der Waals surface area contributed by atoms with Crippen molar-refractivity contribution in [2.45, 2.75) is 5.92 Å². The van der Waals surface area contributed by atoms with E-state index < -0.39 is 29.1 Å². The highest BCUT2D eigenvalue weighted by Gasteiger charge is 2.37. The molecule has 0 N–H and O–H groups in total. The number of benzene rings is 2. The van der Waals surface area contributed by atoms with Crippen molar-refractivity contribution in [2.24, 2.45) is 0 Å². The van der Waals surface area contributed by atoms with E-state index in [1.165, 1.54) is 25.4 Å². The summed E-state index contributed by atoms with van der Waals surface area (Å²) in [6.07, 6.45) is 1.25. The zero-order valence-corrected chi connectivity index (χ0v) is 12.5. The molecule has 0 saturated carbocycles. The van der Waals surface area contributed by atoms with E-state index in [1.807, 2.05) is 0 Å². The summed E-state index contributed by atoms with van der Waals surface area (Å²) in [6, 6.07) is 8.24. The van der Waals surface area contributed by atoms with E-state index in [4.69, 9.17) is 0 Å². The third-order valence-electron chi connectivity index (χ3n) is 3.49. The predicted molar refractivity (Wildman–Crippen MR) is 80.3 cm³/mol. The first kappa shape index (κ1) is 15.9. The summed E-state index contributed by atoms with van der Waals surface area (Å²) in [5, 5.41) is 0.501. The van der Waals surface area contributed by atoms with Gasteiger partial charge in [0.15, 0.2) is 0 Å². The Labute approximate surface area is 134 Å². The minimum Gasteiger partial charge on any atom is -0.465 e. The van der Waals surface area contributed by atoms with Crippen LogP contribution in [0.2, 0.25) is 0 Å². The summed E-state index contributed by atoms with van der Waals surface area (Å²) in [7, 11) is 1.22. The van der Waals surface area contributed by atoms with Gasteiger partial charge < -0.3 is 4.74 Å². The summed E-state index contributed by atoms with van der Waals surface area (Å²) in [4.78, 5) is 19.1. The Morgan fingerprint density at radius 2 is 1.83 bits per heavy atom. The maximum Gasteiger partial charge on any atom is 0.337 e. The number of methoxy groups -OCH3 is 1. The van der Waals surface area contributed by atoms with Crippen molar-refractivity contribution in [1.29, 1.82) is 0 Å². The van der Waals surface area contributed by atoms with Crippen LogP contribution < -0.4 is 0 Å². The van der Waals surface area contributed by atoms with E-state index in [0.717, 1.165) is 24.3 Å². The number of hydrogen-bond acceptors (Lipinski definition) is 4. The van der Waals surface area contributed by atoms with E-state index in [0.29, 0.717) is 5.39 Å². The van der Waals surface area contributed by atoms with Gasteiger partial charge in [0, 0.05) is 17.1 Å². The van der Waals surface area contributed by atoms with Crippen LogP contribution in [0.4, 0.5) is 13.2 Å². The predicted octanol–water partition coefficient (Wildman–Crippen LogP) is 3.70. The molecule has 0 spiro atoms. The third-order valence-corrected chi connectivity index (χ3v) is 3.49. The lowest BCUT2D eigenvalue weighted by atomic mass is 10.1. The van der Waals surface area contributed by atoms with Gasteiger partial charge in [0.05, 0.1) is 18.2 Å². The zero-order valence-electron chi connectivity index (χ0n) is 12.5. The van der Waals surface area contributed by atoms with Crippen LogP contribution in [-0.2, 0) is 10.7 Å². The second-order valence-corrected chi connectivity index (χ2v) is 5.04. The molecule has 4 nitrogen and oxygen atoms in total. The van der Waals surface area contributed by atoms with Crippen molar-refractivity contribution in [3.63, 3.8) is 0 Å². The highest BCUT2D eigenvalue weighted by Crippen LogP contribution is 2.34. The SMILES string of the molecule is COC(=O)c1ccc2cnc(C(F)(F)c3ccc(F)cc3)nc2c1. The molecular formula is C17H11F3N2O2. The number of fused-ring (bicyclic) bond motifs is 1. The number of carbonyl (C=O) groups excluding carboxylic acids is 1. The van der Waals surface area contributed by atoms with Gasteiger partial charge in [0.25, 0.3) is 0 Å². The topological polar surface area (TPSA) is 52.1 Å². The van der Waals surface area contributed by atoms with Gasteiger partial charge in [0.2, 0.25) is 5.82 Å². The van der Waals surface area contributed by atoms with Crippen molar-refractivity contribution in [3.05, 3.63) is 71.4 Å². The lowest BCUT2D eigenvalue weighted by Crippen LogP contribution is -2.19. The number of nitrogens with zero attached hydrogens (tertiary/aromatic N) is 2. The van der Waals surface area contributed by atoms with Gasteiger partial charge >= 0.3 is 11.9 Å². The molecule has 0 atom stereocenters. The minimum atomic E-state index is -3.50. The molecule has 0 aliphatic rings. The summed E-state index contributed by atoms with van der Waals surface area (Å²) >= 11 is 0. The maximum absolute atomic E-state index is 14.5. The summed E-state index contributed by atoms with van der Waals surface area (Å²) in [5.41, 5.74) is -0.0446. The largest absolute Gasteiger partial charge is 0.465 e. The molecule has 0 bridgehead atoms. The molecule has 3 rings (SSSR count). The van der Waals surface area contributed by atoms with E-state index in [9.17, 15) is 18.0 Å². The van der Waals surface area contributed by atoms with Crippen molar-refractivity contribution >= 4 is 16.9 Å². The molecule has 0 amide bonds. The van der Waals surface area contributed by atoms with Gasteiger partial charge in [-0.25, -0.2) is 19.2 Å². The van der Waals surface area contributed by atoms with Crippen LogP contribution in [0.25, 0.3) is 10.9 Å². The first-order chi connectivity index (χ1) is 11.4. The van der Waals surface area contributed by atoms with Gasteiger partial charge in [-0.1, -0.05) is 6.07 Å². The Morgan fingerprint density at radius 1 is 1.12 bits per heavy atom. The highest BCUT2D eigenvalue weighted by molar-refractivity contribution is 5.94. The zero-order chi connectivity index (χ0) is 17.3. The van der Waals surface area contributed by atoms with Crippen molar-refractivity contribution < 1.29 is 22.7 Å². The monoisotopic (exact) mass is 332 g/mol. The van der Waals surface area contributed by atoms with Crippen LogP contribution >= 0.6 is 0 Å². The fraction of sp³-hybridized carbons (Fsp3) is 0.118. The second kappa shape index (κ2) is 5.92. The van der Waals surface area contributed by atoms with Crippen molar-refractivity contribution in [1.82, 2.24) is 9.97 Å². The van der Waals surface area contributed by atoms with Crippen LogP contribution in [0.5, 0.6) is 0 Å². The molecule has 7 heteroatoms. The minimum absolute atomic E-state index is 0.185. The molecule has 0 saturated heterocycles. The molecule has 2 aromatic carbocycles.